The Hall–Kier alpha value is -4.10. The van der Waals surface area contributed by atoms with Gasteiger partial charge in [-0.2, -0.15) is 0 Å². The number of anilines is 3. The summed E-state index contributed by atoms with van der Waals surface area (Å²) >= 11 is 0. The third-order valence-corrected chi connectivity index (χ3v) is 8.97. The fraction of sp³-hybridized carbons (Fsp3) is 0.455. The first-order valence-corrected chi connectivity index (χ1v) is 15.8. The Bertz CT molecular complexity index is 1350. The van der Waals surface area contributed by atoms with Gasteiger partial charge < -0.3 is 30.6 Å². The van der Waals surface area contributed by atoms with E-state index in [4.69, 9.17) is 20.8 Å². The minimum absolute atomic E-state index is 0.0754. The summed E-state index contributed by atoms with van der Waals surface area (Å²) in [6, 6.07) is 14.3. The Morgan fingerprint density at radius 2 is 1.80 bits per heavy atom. The molecule has 6 N–H and O–H groups in total. The van der Waals surface area contributed by atoms with E-state index < -0.39 is 0 Å². The van der Waals surface area contributed by atoms with Crippen LogP contribution >= 0.6 is 0 Å². The third-order valence-electron chi connectivity index (χ3n) is 8.97. The molecule has 1 atom stereocenters. The van der Waals surface area contributed by atoms with Gasteiger partial charge in [-0.1, -0.05) is 43.8 Å². The van der Waals surface area contributed by atoms with Gasteiger partial charge in [-0.05, 0) is 37.1 Å². The Morgan fingerprint density at radius 1 is 1.07 bits per heavy atom. The first kappa shape index (κ1) is 32.3. The summed E-state index contributed by atoms with van der Waals surface area (Å²) in [5.74, 6) is 6.68. The number of nitrogens with zero attached hydrogens (tertiary/aromatic N) is 4. The van der Waals surface area contributed by atoms with Gasteiger partial charge in [-0.15, -0.1) is 0 Å². The number of hydroxylamine groups is 2. The minimum atomic E-state index is -0.302. The van der Waals surface area contributed by atoms with Crippen LogP contribution in [0.5, 0.6) is 5.75 Å². The van der Waals surface area contributed by atoms with Crippen molar-refractivity contribution in [2.24, 2.45) is 5.84 Å². The quantitative estimate of drug-likeness (QED) is 0.0839. The molecule has 0 saturated carbocycles. The summed E-state index contributed by atoms with van der Waals surface area (Å²) in [5, 5.41) is 16.6. The zero-order chi connectivity index (χ0) is 31.8. The van der Waals surface area contributed by atoms with Crippen LogP contribution in [0, 0.1) is 5.41 Å². The van der Waals surface area contributed by atoms with Crippen LogP contribution < -0.4 is 31.5 Å². The van der Waals surface area contributed by atoms with Gasteiger partial charge in [-0.3, -0.25) is 19.9 Å². The van der Waals surface area contributed by atoms with Crippen LogP contribution in [0.2, 0.25) is 0 Å². The number of nitrogens with two attached hydrogens (primary N) is 1. The number of piperazine rings is 1. The average Bonchev–Trinajstić information content (AvgIpc) is 3.59. The molecule has 3 aliphatic rings. The smallest absolute Gasteiger partial charge is 0.247 e. The molecule has 0 radical (unpaired) electrons. The van der Waals surface area contributed by atoms with Crippen molar-refractivity contribution in [1.29, 1.82) is 5.41 Å². The molecule has 12 heteroatoms. The first-order chi connectivity index (χ1) is 21.9. The molecule has 2 aromatic carbocycles. The third kappa shape index (κ3) is 7.77. The summed E-state index contributed by atoms with van der Waals surface area (Å²) in [6.45, 7) is 13.7. The van der Waals surface area contributed by atoms with Gasteiger partial charge in [0.05, 0.1) is 36.8 Å². The molecule has 3 aliphatic heterocycles. The number of carbonyl (C=O) groups is 1. The van der Waals surface area contributed by atoms with E-state index in [1.165, 1.54) is 6.08 Å². The van der Waals surface area contributed by atoms with Crippen LogP contribution in [0.15, 0.2) is 67.0 Å². The standard InChI is InChI=1S/C33H47N9O3/c1-4-33(43)37-26-21-27(36-32(38-35)23-31(34)42-28(13-20-45-42)24-9-7-6-8-10-24)30(44-3)22-29(26)41-14-11-25(12-15-41)40-18-16-39(5-2)17-19-40/h4,6-10,21-23,25,28,34,36,38H,1,5,11-20,35H2,2-3H3,(H,37,43)/b32-23-,34-31?/t28-/m1/s1. The van der Waals surface area contributed by atoms with Gasteiger partial charge in [0.1, 0.15) is 17.4 Å². The lowest BCUT2D eigenvalue weighted by Crippen LogP contribution is -2.53. The highest BCUT2D eigenvalue weighted by molar-refractivity contribution is 6.02. The van der Waals surface area contributed by atoms with Crippen molar-refractivity contribution in [1.82, 2.24) is 20.3 Å². The second kappa shape index (κ2) is 15.3. The number of amides is 1. The van der Waals surface area contributed by atoms with E-state index in [1.54, 1.807) is 18.2 Å². The highest BCUT2D eigenvalue weighted by Crippen LogP contribution is 2.39. The maximum Gasteiger partial charge on any atom is 0.247 e. The molecule has 12 nitrogen and oxygen atoms in total. The van der Waals surface area contributed by atoms with Crippen LogP contribution in [-0.4, -0.2) is 92.2 Å². The molecule has 0 aromatic heterocycles. The van der Waals surface area contributed by atoms with Gasteiger partial charge in [0.15, 0.2) is 0 Å². The van der Waals surface area contributed by atoms with Crippen LogP contribution in [-0.2, 0) is 9.63 Å². The molecular weight excluding hydrogens is 570 g/mol. The number of carbonyl (C=O) groups excluding carboxylic acids is 1. The number of amidine groups is 1. The van der Waals surface area contributed by atoms with Crippen molar-refractivity contribution >= 4 is 28.8 Å². The van der Waals surface area contributed by atoms with E-state index in [2.05, 4.69) is 44.3 Å². The molecular formula is C33H47N9O3. The van der Waals surface area contributed by atoms with Crippen LogP contribution in [0.1, 0.15) is 37.8 Å². The van der Waals surface area contributed by atoms with Crippen molar-refractivity contribution in [3.05, 3.63) is 72.6 Å². The van der Waals surface area contributed by atoms with Gasteiger partial charge in [-0.25, -0.2) is 10.9 Å². The summed E-state index contributed by atoms with van der Waals surface area (Å²) in [7, 11) is 1.61. The maximum absolute atomic E-state index is 12.5. The SMILES string of the molecule is C=CC(=O)Nc1cc(N/C(=C/C(=N)N2OCC[C@@H]2c2ccccc2)NN)c(OC)cc1N1CCC(N2CCN(CC)CC2)CC1. The zero-order valence-electron chi connectivity index (χ0n) is 26.4. The molecule has 45 heavy (non-hydrogen) atoms. The fourth-order valence-electron chi connectivity index (χ4n) is 6.44. The zero-order valence-corrected chi connectivity index (χ0v) is 26.4. The fourth-order valence-corrected chi connectivity index (χ4v) is 6.44. The molecule has 2 aromatic rings. The normalized spacial score (nSPS) is 20.2. The van der Waals surface area contributed by atoms with Crippen LogP contribution in [0.4, 0.5) is 17.1 Å². The number of hydrazine groups is 1. The van der Waals surface area contributed by atoms with E-state index in [0.29, 0.717) is 35.6 Å². The van der Waals surface area contributed by atoms with E-state index in [9.17, 15) is 4.79 Å². The number of benzene rings is 2. The lowest BCUT2D eigenvalue weighted by molar-refractivity contribution is -0.111. The first-order valence-electron chi connectivity index (χ1n) is 15.8. The summed E-state index contributed by atoms with van der Waals surface area (Å²) < 4.78 is 5.81. The largest absolute Gasteiger partial charge is 0.494 e. The molecule has 0 spiro atoms. The number of likely N-dealkylation sites (N-methyl/N-ethyl adjacent to an activating group) is 1. The lowest BCUT2D eigenvalue weighted by Gasteiger charge is -2.43. The molecule has 0 bridgehead atoms. The van der Waals surface area contributed by atoms with Gasteiger partial charge >= 0.3 is 0 Å². The van der Waals surface area contributed by atoms with Crippen LogP contribution in [0.3, 0.4) is 0 Å². The Balaban J connectivity index is 1.33. The Labute approximate surface area is 266 Å². The molecule has 5 rings (SSSR count). The average molecular weight is 618 g/mol. The van der Waals surface area contributed by atoms with E-state index in [0.717, 1.165) is 76.3 Å². The second-order valence-electron chi connectivity index (χ2n) is 11.5. The van der Waals surface area contributed by atoms with Gasteiger partial charge in [0.25, 0.3) is 0 Å². The predicted molar refractivity (Wildman–Crippen MR) is 179 cm³/mol. The highest BCUT2D eigenvalue weighted by atomic mass is 16.7. The number of ether oxygens (including phenoxy) is 1. The summed E-state index contributed by atoms with van der Waals surface area (Å²) in [4.78, 5) is 25.8. The van der Waals surface area contributed by atoms with Crippen molar-refractivity contribution in [2.75, 3.05) is 75.1 Å². The minimum Gasteiger partial charge on any atom is -0.494 e. The van der Waals surface area contributed by atoms with Crippen LogP contribution in [0.25, 0.3) is 0 Å². The number of hydrogen-bond acceptors (Lipinski definition) is 10. The van der Waals surface area contributed by atoms with Crippen molar-refractivity contribution in [3.63, 3.8) is 0 Å². The van der Waals surface area contributed by atoms with Crippen molar-refractivity contribution in [3.8, 4) is 5.75 Å². The van der Waals surface area contributed by atoms with E-state index in [-0.39, 0.29) is 17.8 Å². The molecule has 0 aliphatic carbocycles. The highest BCUT2D eigenvalue weighted by Gasteiger charge is 2.30. The summed E-state index contributed by atoms with van der Waals surface area (Å²) in [5.41, 5.74) is 5.82. The predicted octanol–water partition coefficient (Wildman–Crippen LogP) is 3.50. The maximum atomic E-state index is 12.5. The molecule has 3 fully saturated rings. The van der Waals surface area contributed by atoms with Gasteiger partial charge in [0.2, 0.25) is 5.91 Å². The lowest BCUT2D eigenvalue weighted by atomic mass is 10.0. The van der Waals surface area contributed by atoms with E-state index in [1.807, 2.05) is 42.5 Å². The monoisotopic (exact) mass is 617 g/mol. The Morgan fingerprint density at radius 3 is 2.44 bits per heavy atom. The van der Waals surface area contributed by atoms with Crippen molar-refractivity contribution < 1.29 is 14.4 Å². The van der Waals surface area contributed by atoms with E-state index >= 15 is 0 Å². The van der Waals surface area contributed by atoms with Crippen molar-refractivity contribution in [2.45, 2.75) is 38.3 Å². The molecule has 242 valence electrons. The number of hydrogen-bond donors (Lipinski definition) is 5. The topological polar surface area (TPSA) is 134 Å². The number of rotatable bonds is 11. The summed E-state index contributed by atoms with van der Waals surface area (Å²) in [6.07, 6.45) is 5.71. The number of methoxy groups -OCH3 is 1. The number of nitrogens with one attached hydrogen (secondary N) is 4. The molecule has 0 unspecified atom stereocenters. The molecule has 3 heterocycles. The molecule has 1 amide bonds. The van der Waals surface area contributed by atoms with Gasteiger partial charge in [0, 0.05) is 63.9 Å². The molecule has 3 saturated heterocycles. The Kier molecular flexibility index (Phi) is 11.0. The second-order valence-corrected chi connectivity index (χ2v) is 11.5. The number of piperidine rings is 1.